The van der Waals surface area contributed by atoms with Gasteiger partial charge in [-0.3, -0.25) is 0 Å². The van der Waals surface area contributed by atoms with E-state index >= 15 is 0 Å². The number of nitrogens with one attached hydrogen (secondary N) is 1. The maximum atomic E-state index is 12.3. The average Bonchev–Trinajstić information content (AvgIpc) is 2.29. The van der Waals surface area contributed by atoms with E-state index in [1.54, 1.807) is 0 Å². The first-order valence-electron chi connectivity index (χ1n) is 5.05. The molecule has 18 heavy (non-hydrogen) atoms. The number of anilines is 1. The molecule has 0 saturated carbocycles. The van der Waals surface area contributed by atoms with Crippen LogP contribution in [0.4, 0.5) is 19.0 Å². The summed E-state index contributed by atoms with van der Waals surface area (Å²) in [6.45, 7) is 1.16. The zero-order chi connectivity index (χ0) is 13.6. The van der Waals surface area contributed by atoms with Crippen LogP contribution >= 0.6 is 23.2 Å². The third kappa shape index (κ3) is 4.88. The van der Waals surface area contributed by atoms with Gasteiger partial charge in [-0.15, -0.1) is 11.6 Å². The van der Waals surface area contributed by atoms with Crippen LogP contribution in [0.1, 0.15) is 5.56 Å². The summed E-state index contributed by atoms with van der Waals surface area (Å²) in [6, 6.07) is 0.830. The third-order valence-electron chi connectivity index (χ3n) is 1.93. The van der Waals surface area contributed by atoms with Crippen molar-refractivity contribution in [3.8, 4) is 0 Å². The topological polar surface area (TPSA) is 34.2 Å². The summed E-state index contributed by atoms with van der Waals surface area (Å²) in [5.74, 6) is 0.582. The molecule has 0 aliphatic heterocycles. The molecule has 0 amide bonds. The van der Waals surface area contributed by atoms with Crippen molar-refractivity contribution in [1.29, 1.82) is 0 Å². The van der Waals surface area contributed by atoms with Gasteiger partial charge in [0.15, 0.2) is 0 Å². The minimum atomic E-state index is -4.45. The lowest BCUT2D eigenvalue weighted by molar-refractivity contribution is -0.137. The highest BCUT2D eigenvalue weighted by Gasteiger charge is 2.31. The Bertz CT molecular complexity index is 388. The van der Waals surface area contributed by atoms with Crippen LogP contribution in [-0.4, -0.2) is 30.6 Å². The maximum absolute atomic E-state index is 12.3. The van der Waals surface area contributed by atoms with Crippen LogP contribution in [0, 0.1) is 0 Å². The molecular formula is C10H11Cl2F3N2O. The smallest absolute Gasteiger partial charge is 0.378 e. The minimum absolute atomic E-state index is 0.0813. The molecule has 0 bridgehead atoms. The minimum Gasteiger partial charge on any atom is -0.378 e. The predicted molar refractivity (Wildman–Crippen MR) is 64.3 cm³/mol. The van der Waals surface area contributed by atoms with E-state index in [0.29, 0.717) is 25.6 Å². The normalized spacial score (nSPS) is 11.6. The standard InChI is InChI=1S/C10H11Cl2F3N2O/c11-1-3-18-4-2-16-9-8(12)5-7(6-17-9)10(13,14)15/h5-6H,1-4H2,(H,16,17). The van der Waals surface area contributed by atoms with Gasteiger partial charge in [-0.1, -0.05) is 11.6 Å². The Morgan fingerprint density at radius 3 is 2.61 bits per heavy atom. The molecule has 1 rings (SSSR count). The predicted octanol–water partition coefficient (Wildman–Crippen LogP) is 3.42. The first-order valence-corrected chi connectivity index (χ1v) is 5.96. The van der Waals surface area contributed by atoms with Crippen LogP contribution in [0.2, 0.25) is 5.02 Å². The zero-order valence-electron chi connectivity index (χ0n) is 9.23. The van der Waals surface area contributed by atoms with E-state index in [4.69, 9.17) is 27.9 Å². The Morgan fingerprint density at radius 1 is 1.33 bits per heavy atom. The van der Waals surface area contributed by atoms with Crippen molar-refractivity contribution < 1.29 is 17.9 Å². The van der Waals surface area contributed by atoms with Crippen LogP contribution in [0.15, 0.2) is 12.3 Å². The van der Waals surface area contributed by atoms with Crippen LogP contribution in [-0.2, 0) is 10.9 Å². The molecule has 0 aliphatic carbocycles. The van der Waals surface area contributed by atoms with Crippen molar-refractivity contribution in [3.63, 3.8) is 0 Å². The Balaban J connectivity index is 2.53. The Labute approximate surface area is 112 Å². The molecule has 1 N–H and O–H groups in total. The number of alkyl halides is 4. The molecule has 0 atom stereocenters. The second-order valence-corrected chi connectivity index (χ2v) is 4.07. The Kier molecular flexibility index (Phi) is 5.98. The van der Waals surface area contributed by atoms with Crippen molar-refractivity contribution >= 4 is 29.0 Å². The van der Waals surface area contributed by atoms with Gasteiger partial charge in [-0.05, 0) is 6.07 Å². The van der Waals surface area contributed by atoms with E-state index in [2.05, 4.69) is 10.3 Å². The van der Waals surface area contributed by atoms with Crippen molar-refractivity contribution in [2.75, 3.05) is 31.0 Å². The number of hydrogen-bond acceptors (Lipinski definition) is 3. The van der Waals surface area contributed by atoms with Crippen molar-refractivity contribution in [1.82, 2.24) is 4.98 Å². The molecular weight excluding hydrogens is 292 g/mol. The van der Waals surface area contributed by atoms with E-state index in [0.717, 1.165) is 12.3 Å². The molecule has 1 heterocycles. The highest BCUT2D eigenvalue weighted by Crippen LogP contribution is 2.32. The van der Waals surface area contributed by atoms with Crippen molar-refractivity contribution in [2.45, 2.75) is 6.18 Å². The average molecular weight is 303 g/mol. The largest absolute Gasteiger partial charge is 0.417 e. The fourth-order valence-corrected chi connectivity index (χ4v) is 1.46. The molecule has 0 fully saturated rings. The molecule has 0 aliphatic rings. The number of ether oxygens (including phenoxy) is 1. The summed E-state index contributed by atoms with van der Waals surface area (Å²) in [5.41, 5.74) is -0.878. The van der Waals surface area contributed by atoms with E-state index in [9.17, 15) is 13.2 Å². The first-order chi connectivity index (χ1) is 8.45. The number of hydrogen-bond donors (Lipinski definition) is 1. The van der Waals surface area contributed by atoms with Crippen LogP contribution in [0.5, 0.6) is 0 Å². The van der Waals surface area contributed by atoms with Crippen molar-refractivity contribution in [3.05, 3.63) is 22.8 Å². The van der Waals surface area contributed by atoms with Gasteiger partial charge in [0.05, 0.1) is 23.8 Å². The van der Waals surface area contributed by atoms with Gasteiger partial charge in [0, 0.05) is 18.6 Å². The molecule has 0 aromatic carbocycles. The van der Waals surface area contributed by atoms with Gasteiger partial charge >= 0.3 is 6.18 Å². The Hall–Kier alpha value is -0.720. The Morgan fingerprint density at radius 2 is 2.06 bits per heavy atom. The molecule has 3 nitrogen and oxygen atoms in total. The van der Waals surface area contributed by atoms with E-state index in [1.165, 1.54) is 0 Å². The lowest BCUT2D eigenvalue weighted by Gasteiger charge is -2.10. The van der Waals surface area contributed by atoms with Crippen molar-refractivity contribution in [2.24, 2.45) is 0 Å². The molecule has 0 spiro atoms. The van der Waals surface area contributed by atoms with Crippen LogP contribution in [0.25, 0.3) is 0 Å². The van der Waals surface area contributed by atoms with Gasteiger partial charge in [0.2, 0.25) is 0 Å². The van der Waals surface area contributed by atoms with E-state index < -0.39 is 11.7 Å². The van der Waals surface area contributed by atoms with Crippen LogP contribution < -0.4 is 5.32 Å². The number of halogens is 5. The highest BCUT2D eigenvalue weighted by molar-refractivity contribution is 6.32. The second-order valence-electron chi connectivity index (χ2n) is 3.28. The monoisotopic (exact) mass is 302 g/mol. The third-order valence-corrected chi connectivity index (χ3v) is 2.37. The van der Waals surface area contributed by atoms with Gasteiger partial charge in [-0.25, -0.2) is 4.98 Å². The molecule has 102 valence electrons. The van der Waals surface area contributed by atoms with Gasteiger partial charge in [0.1, 0.15) is 5.82 Å². The molecule has 8 heteroatoms. The SMILES string of the molecule is FC(F)(F)c1cnc(NCCOCCCl)c(Cl)c1. The molecule has 0 radical (unpaired) electrons. The lowest BCUT2D eigenvalue weighted by atomic mass is 10.3. The molecule has 1 aromatic heterocycles. The molecule has 0 unspecified atom stereocenters. The van der Waals surface area contributed by atoms with Crippen LogP contribution in [0.3, 0.4) is 0 Å². The van der Waals surface area contributed by atoms with Gasteiger partial charge < -0.3 is 10.1 Å². The highest BCUT2D eigenvalue weighted by atomic mass is 35.5. The zero-order valence-corrected chi connectivity index (χ0v) is 10.7. The molecule has 1 aromatic rings. The first kappa shape index (κ1) is 15.3. The molecule has 0 saturated heterocycles. The lowest BCUT2D eigenvalue weighted by Crippen LogP contribution is -2.12. The quantitative estimate of drug-likeness (QED) is 0.646. The number of rotatable bonds is 6. The van der Waals surface area contributed by atoms with E-state index in [1.807, 2.05) is 0 Å². The van der Waals surface area contributed by atoms with E-state index in [-0.39, 0.29) is 10.8 Å². The summed E-state index contributed by atoms with van der Waals surface area (Å²) < 4.78 is 42.1. The summed E-state index contributed by atoms with van der Waals surface area (Å²) in [4.78, 5) is 3.62. The fourth-order valence-electron chi connectivity index (χ4n) is 1.12. The summed E-state index contributed by atoms with van der Waals surface area (Å²) in [7, 11) is 0. The van der Waals surface area contributed by atoms with Gasteiger partial charge in [0.25, 0.3) is 0 Å². The maximum Gasteiger partial charge on any atom is 0.417 e. The second kappa shape index (κ2) is 7.01. The number of aromatic nitrogens is 1. The summed E-state index contributed by atoms with van der Waals surface area (Å²) in [5, 5.41) is 2.69. The number of pyridine rings is 1. The fraction of sp³-hybridized carbons (Fsp3) is 0.500. The van der Waals surface area contributed by atoms with Gasteiger partial charge in [-0.2, -0.15) is 13.2 Å². The number of nitrogens with zero attached hydrogens (tertiary/aromatic N) is 1. The summed E-state index contributed by atoms with van der Waals surface area (Å²) >= 11 is 11.1. The summed E-state index contributed by atoms with van der Waals surface area (Å²) in [6.07, 6.45) is -3.72.